The van der Waals surface area contributed by atoms with Gasteiger partial charge in [0, 0.05) is 11.9 Å². The minimum atomic E-state index is -0.00528. The van der Waals surface area contributed by atoms with E-state index in [0.29, 0.717) is 0 Å². The first-order valence-electron chi connectivity index (χ1n) is 5.25. The van der Waals surface area contributed by atoms with Gasteiger partial charge in [0.1, 0.15) is 0 Å². The fourth-order valence-electron chi connectivity index (χ4n) is 1.68. The first-order valence-corrected chi connectivity index (χ1v) is 5.25. The summed E-state index contributed by atoms with van der Waals surface area (Å²) in [6, 6.07) is 14.1. The summed E-state index contributed by atoms with van der Waals surface area (Å²) in [6.45, 7) is 1.97. The fraction of sp³-hybridized carbons (Fsp3) is 0.154. The lowest BCUT2D eigenvalue weighted by Crippen LogP contribution is -2.28. The molecule has 0 saturated heterocycles. The third-order valence-corrected chi connectivity index (χ3v) is 2.57. The topological polar surface area (TPSA) is 50.9 Å². The molecule has 0 spiro atoms. The lowest BCUT2D eigenvalue weighted by atomic mass is 10.0. The van der Waals surface area contributed by atoms with Gasteiger partial charge in [-0.2, -0.15) is 0 Å². The minimum Gasteiger partial charge on any atom is -0.271 e. The average molecular weight is 213 g/mol. The summed E-state index contributed by atoms with van der Waals surface area (Å²) < 4.78 is 0. The molecule has 0 fully saturated rings. The third kappa shape index (κ3) is 2.27. The lowest BCUT2D eigenvalue weighted by molar-refractivity contribution is 0.634. The van der Waals surface area contributed by atoms with E-state index < -0.39 is 0 Å². The number of nitrogens with zero attached hydrogens (tertiary/aromatic N) is 1. The molecule has 2 aromatic rings. The van der Waals surface area contributed by atoms with E-state index in [1.807, 2.05) is 55.6 Å². The van der Waals surface area contributed by atoms with Crippen LogP contribution in [-0.2, 0) is 0 Å². The molecule has 3 N–H and O–H groups in total. The number of nitrogens with two attached hydrogens (primary N) is 1. The summed E-state index contributed by atoms with van der Waals surface area (Å²) in [5, 5.41) is 0. The molecule has 0 bridgehead atoms. The second-order valence-corrected chi connectivity index (χ2v) is 3.74. The summed E-state index contributed by atoms with van der Waals surface area (Å²) >= 11 is 0. The van der Waals surface area contributed by atoms with Crippen molar-refractivity contribution in [3.8, 4) is 0 Å². The highest BCUT2D eigenvalue weighted by molar-refractivity contribution is 5.30. The molecule has 1 aromatic heterocycles. The van der Waals surface area contributed by atoms with E-state index in [4.69, 9.17) is 5.84 Å². The van der Waals surface area contributed by atoms with Crippen LogP contribution in [0.1, 0.15) is 22.9 Å². The van der Waals surface area contributed by atoms with Gasteiger partial charge in [0.2, 0.25) is 0 Å². The molecule has 3 heteroatoms. The summed E-state index contributed by atoms with van der Waals surface area (Å²) in [5.41, 5.74) is 6.02. The monoisotopic (exact) mass is 213 g/mol. The van der Waals surface area contributed by atoms with Crippen LogP contribution in [0.15, 0.2) is 48.7 Å². The van der Waals surface area contributed by atoms with E-state index in [-0.39, 0.29) is 6.04 Å². The highest BCUT2D eigenvalue weighted by Gasteiger charge is 2.11. The number of hydrogen-bond donors (Lipinski definition) is 2. The Balaban J connectivity index is 2.33. The van der Waals surface area contributed by atoms with Gasteiger partial charge in [-0.25, -0.2) is 5.43 Å². The van der Waals surface area contributed by atoms with Gasteiger partial charge < -0.3 is 0 Å². The zero-order valence-electron chi connectivity index (χ0n) is 9.22. The van der Waals surface area contributed by atoms with Crippen molar-refractivity contribution in [1.29, 1.82) is 0 Å². The first-order chi connectivity index (χ1) is 7.81. The van der Waals surface area contributed by atoms with Gasteiger partial charge in [-0.15, -0.1) is 0 Å². The predicted octanol–water partition coefficient (Wildman–Crippen LogP) is 1.94. The molecule has 1 unspecified atom stereocenters. The standard InChI is InChI=1S/C13H15N3/c1-10-7-8-12(9-15-10)13(16-14)11-5-3-2-4-6-11/h2-9,13,16H,14H2,1H3. The fourth-order valence-corrected chi connectivity index (χ4v) is 1.68. The SMILES string of the molecule is Cc1ccc(C(NN)c2ccccc2)cn1. The van der Waals surface area contributed by atoms with Gasteiger partial charge >= 0.3 is 0 Å². The van der Waals surface area contributed by atoms with Crippen molar-refractivity contribution >= 4 is 0 Å². The van der Waals surface area contributed by atoms with Gasteiger partial charge in [0.15, 0.2) is 0 Å². The molecule has 0 aliphatic carbocycles. The molecule has 1 atom stereocenters. The van der Waals surface area contributed by atoms with Crippen molar-refractivity contribution in [2.45, 2.75) is 13.0 Å². The minimum absolute atomic E-state index is 0.00528. The van der Waals surface area contributed by atoms with Crippen LogP contribution in [0.25, 0.3) is 0 Å². The Labute approximate surface area is 95.3 Å². The van der Waals surface area contributed by atoms with Crippen LogP contribution >= 0.6 is 0 Å². The van der Waals surface area contributed by atoms with Crippen LogP contribution in [0.4, 0.5) is 0 Å². The Hall–Kier alpha value is -1.71. The van der Waals surface area contributed by atoms with Crippen LogP contribution in [0.3, 0.4) is 0 Å². The van der Waals surface area contributed by atoms with E-state index in [2.05, 4.69) is 10.4 Å². The lowest BCUT2D eigenvalue weighted by Gasteiger charge is -2.16. The molecule has 0 radical (unpaired) electrons. The van der Waals surface area contributed by atoms with Gasteiger partial charge in [0.05, 0.1) is 6.04 Å². The summed E-state index contributed by atoms with van der Waals surface area (Å²) in [6.07, 6.45) is 1.85. The van der Waals surface area contributed by atoms with Crippen molar-refractivity contribution in [1.82, 2.24) is 10.4 Å². The van der Waals surface area contributed by atoms with Gasteiger partial charge in [-0.05, 0) is 24.1 Å². The highest BCUT2D eigenvalue weighted by Crippen LogP contribution is 2.20. The van der Waals surface area contributed by atoms with Crippen molar-refractivity contribution < 1.29 is 0 Å². The van der Waals surface area contributed by atoms with Crippen molar-refractivity contribution in [2.24, 2.45) is 5.84 Å². The van der Waals surface area contributed by atoms with Gasteiger partial charge in [-0.1, -0.05) is 36.4 Å². The van der Waals surface area contributed by atoms with Crippen LogP contribution < -0.4 is 11.3 Å². The molecule has 1 heterocycles. The van der Waals surface area contributed by atoms with Crippen LogP contribution in [0.2, 0.25) is 0 Å². The Morgan fingerprint density at radius 2 is 1.81 bits per heavy atom. The molecule has 1 aromatic carbocycles. The molecule has 0 amide bonds. The maximum atomic E-state index is 5.60. The zero-order chi connectivity index (χ0) is 11.4. The van der Waals surface area contributed by atoms with E-state index >= 15 is 0 Å². The number of pyridine rings is 1. The molecule has 3 nitrogen and oxygen atoms in total. The second-order valence-electron chi connectivity index (χ2n) is 3.74. The van der Waals surface area contributed by atoms with Gasteiger partial charge in [0.25, 0.3) is 0 Å². The molecule has 16 heavy (non-hydrogen) atoms. The largest absolute Gasteiger partial charge is 0.271 e. The van der Waals surface area contributed by atoms with Gasteiger partial charge in [-0.3, -0.25) is 10.8 Å². The van der Waals surface area contributed by atoms with Crippen molar-refractivity contribution in [3.05, 3.63) is 65.5 Å². The van der Waals surface area contributed by atoms with E-state index in [1.165, 1.54) is 0 Å². The zero-order valence-corrected chi connectivity index (χ0v) is 9.22. The Morgan fingerprint density at radius 3 is 2.38 bits per heavy atom. The predicted molar refractivity (Wildman–Crippen MR) is 64.6 cm³/mol. The molecule has 0 aliphatic rings. The number of hydrazine groups is 1. The molecule has 0 saturated carbocycles. The summed E-state index contributed by atoms with van der Waals surface area (Å²) in [7, 11) is 0. The third-order valence-electron chi connectivity index (χ3n) is 2.57. The van der Waals surface area contributed by atoms with Crippen LogP contribution in [-0.4, -0.2) is 4.98 Å². The highest BCUT2D eigenvalue weighted by atomic mass is 15.2. The number of benzene rings is 1. The maximum Gasteiger partial charge on any atom is 0.0725 e. The number of nitrogens with one attached hydrogen (secondary N) is 1. The van der Waals surface area contributed by atoms with Crippen molar-refractivity contribution in [2.75, 3.05) is 0 Å². The Morgan fingerprint density at radius 1 is 1.06 bits per heavy atom. The average Bonchev–Trinajstić information content (AvgIpc) is 2.34. The summed E-state index contributed by atoms with van der Waals surface area (Å²) in [4.78, 5) is 4.28. The molecular weight excluding hydrogens is 198 g/mol. The van der Waals surface area contributed by atoms with Crippen LogP contribution in [0.5, 0.6) is 0 Å². The summed E-state index contributed by atoms with van der Waals surface area (Å²) in [5.74, 6) is 5.60. The van der Waals surface area contributed by atoms with E-state index in [0.717, 1.165) is 16.8 Å². The molecule has 0 aliphatic heterocycles. The normalized spacial score (nSPS) is 12.4. The maximum absolute atomic E-state index is 5.60. The Kier molecular flexibility index (Phi) is 3.29. The molecule has 82 valence electrons. The smallest absolute Gasteiger partial charge is 0.0725 e. The molecule has 2 rings (SSSR count). The second kappa shape index (κ2) is 4.88. The van der Waals surface area contributed by atoms with E-state index in [1.54, 1.807) is 0 Å². The first kappa shape index (κ1) is 10.8. The number of rotatable bonds is 3. The van der Waals surface area contributed by atoms with E-state index in [9.17, 15) is 0 Å². The van der Waals surface area contributed by atoms with Crippen LogP contribution in [0, 0.1) is 6.92 Å². The number of aromatic nitrogens is 1. The molecular formula is C13H15N3. The number of aryl methyl sites for hydroxylation is 1. The quantitative estimate of drug-likeness (QED) is 0.605. The van der Waals surface area contributed by atoms with Crippen molar-refractivity contribution in [3.63, 3.8) is 0 Å². The Bertz CT molecular complexity index is 436. The number of hydrogen-bond acceptors (Lipinski definition) is 3.